The first-order valence-electron chi connectivity index (χ1n) is 6.68. The lowest BCUT2D eigenvalue weighted by Crippen LogP contribution is -1.98. The normalized spacial score (nSPS) is 13.0. The van der Waals surface area contributed by atoms with Gasteiger partial charge in [0, 0.05) is 11.1 Å². The lowest BCUT2D eigenvalue weighted by Gasteiger charge is -2.08. The molecule has 1 aliphatic carbocycles. The fourth-order valence-corrected chi connectivity index (χ4v) is 3.02. The first-order chi connectivity index (χ1) is 10.0. The molecule has 21 heavy (non-hydrogen) atoms. The minimum absolute atomic E-state index is 0.452. The fraction of sp³-hybridized carbons (Fsp3) is 0.176. The summed E-state index contributed by atoms with van der Waals surface area (Å²) in [5.74, 6) is 0. The number of fused-ring (bicyclic) bond motifs is 2. The summed E-state index contributed by atoms with van der Waals surface area (Å²) in [4.78, 5) is 22.6. The van der Waals surface area contributed by atoms with Crippen LogP contribution < -0.4 is 0 Å². The number of benzene rings is 2. The molecule has 0 spiro atoms. The Balaban J connectivity index is 2.06. The molecule has 0 saturated carbocycles. The average Bonchev–Trinajstić information content (AvgIpc) is 2.64. The van der Waals surface area contributed by atoms with Crippen LogP contribution in [-0.4, -0.2) is 10.5 Å². The predicted octanol–water partition coefficient (Wildman–Crippen LogP) is 4.13. The Kier molecular flexibility index (Phi) is 3.83. The van der Waals surface area contributed by atoms with Crippen LogP contribution in [0.3, 0.4) is 0 Å². The van der Waals surface area contributed by atoms with Gasteiger partial charge < -0.3 is 0 Å². The highest BCUT2D eigenvalue weighted by molar-refractivity contribution is 6.68. The Morgan fingerprint density at radius 3 is 1.52 bits per heavy atom. The van der Waals surface area contributed by atoms with Gasteiger partial charge in [0.1, 0.15) is 0 Å². The zero-order valence-electron chi connectivity index (χ0n) is 11.2. The number of hydrogen-bond donors (Lipinski definition) is 0. The summed E-state index contributed by atoms with van der Waals surface area (Å²) in [6.07, 6.45) is 2.50. The van der Waals surface area contributed by atoms with E-state index in [2.05, 4.69) is 0 Å². The van der Waals surface area contributed by atoms with Gasteiger partial charge in [-0.1, -0.05) is 12.1 Å². The Bertz CT molecular complexity index is 687. The van der Waals surface area contributed by atoms with E-state index in [9.17, 15) is 9.59 Å². The monoisotopic (exact) mass is 318 g/mol. The molecule has 106 valence electrons. The quantitative estimate of drug-likeness (QED) is 0.780. The van der Waals surface area contributed by atoms with Crippen molar-refractivity contribution >= 4 is 33.7 Å². The molecule has 0 aromatic heterocycles. The van der Waals surface area contributed by atoms with Crippen LogP contribution >= 0.6 is 23.2 Å². The molecule has 0 saturated heterocycles. The minimum Gasteiger partial charge on any atom is -0.276 e. The third kappa shape index (κ3) is 2.87. The average molecular weight is 319 g/mol. The van der Waals surface area contributed by atoms with E-state index in [0.717, 1.165) is 24.0 Å². The highest BCUT2D eigenvalue weighted by Gasteiger charge is 2.16. The van der Waals surface area contributed by atoms with Gasteiger partial charge in [-0.15, -0.1) is 0 Å². The third-order valence-electron chi connectivity index (χ3n) is 3.91. The SMILES string of the molecule is O=C(Cl)c1ccc2c(c1)Cc1cc(C(=O)Cl)ccc1CC2. The van der Waals surface area contributed by atoms with Crippen molar-refractivity contribution in [3.8, 4) is 0 Å². The van der Waals surface area contributed by atoms with E-state index < -0.39 is 10.5 Å². The van der Waals surface area contributed by atoms with E-state index >= 15 is 0 Å². The third-order valence-corrected chi connectivity index (χ3v) is 4.35. The Hall–Kier alpha value is -1.64. The largest absolute Gasteiger partial charge is 0.276 e. The predicted molar refractivity (Wildman–Crippen MR) is 83.5 cm³/mol. The molecule has 0 bridgehead atoms. The molecule has 0 aliphatic heterocycles. The van der Waals surface area contributed by atoms with Crippen molar-refractivity contribution in [3.63, 3.8) is 0 Å². The summed E-state index contributed by atoms with van der Waals surface area (Å²) in [7, 11) is 0. The molecule has 4 heteroatoms. The van der Waals surface area contributed by atoms with Crippen molar-refractivity contribution < 1.29 is 9.59 Å². The van der Waals surface area contributed by atoms with Crippen molar-refractivity contribution in [1.29, 1.82) is 0 Å². The molecule has 0 radical (unpaired) electrons. The smallest absolute Gasteiger partial charge is 0.252 e. The Morgan fingerprint density at radius 1 is 0.714 bits per heavy atom. The van der Waals surface area contributed by atoms with Crippen molar-refractivity contribution in [3.05, 3.63) is 69.8 Å². The fourth-order valence-electron chi connectivity index (χ4n) is 2.79. The van der Waals surface area contributed by atoms with Crippen LogP contribution in [0.4, 0.5) is 0 Å². The van der Waals surface area contributed by atoms with E-state index in [-0.39, 0.29) is 0 Å². The molecule has 2 aromatic carbocycles. The van der Waals surface area contributed by atoms with Crippen LogP contribution in [-0.2, 0) is 19.3 Å². The summed E-state index contributed by atoms with van der Waals surface area (Å²) < 4.78 is 0. The molecule has 0 unspecified atom stereocenters. The zero-order valence-corrected chi connectivity index (χ0v) is 12.7. The van der Waals surface area contributed by atoms with Gasteiger partial charge in [-0.25, -0.2) is 0 Å². The minimum atomic E-state index is -0.452. The molecule has 2 nitrogen and oxygen atoms in total. The summed E-state index contributed by atoms with van der Waals surface area (Å²) in [5.41, 5.74) is 5.60. The van der Waals surface area contributed by atoms with Crippen LogP contribution in [0.5, 0.6) is 0 Å². The van der Waals surface area contributed by atoms with Crippen LogP contribution in [0.25, 0.3) is 0 Å². The topological polar surface area (TPSA) is 34.1 Å². The van der Waals surface area contributed by atoms with Crippen molar-refractivity contribution in [2.45, 2.75) is 19.3 Å². The maximum Gasteiger partial charge on any atom is 0.252 e. The Labute approximate surface area is 132 Å². The van der Waals surface area contributed by atoms with Crippen LogP contribution in [0.15, 0.2) is 36.4 Å². The standard InChI is InChI=1S/C17H12Cl2O2/c18-16(20)12-5-3-10-1-2-11-4-6-13(17(19)21)8-15(11)9-14(10)7-12/h3-8H,1-2,9H2. The molecule has 3 rings (SSSR count). The maximum atomic E-state index is 11.3. The highest BCUT2D eigenvalue weighted by Crippen LogP contribution is 2.27. The summed E-state index contributed by atoms with van der Waals surface area (Å²) in [6, 6.07) is 11.1. The molecule has 0 N–H and O–H groups in total. The number of halogens is 2. The lowest BCUT2D eigenvalue weighted by atomic mass is 9.97. The van der Waals surface area contributed by atoms with Crippen molar-refractivity contribution in [2.24, 2.45) is 0 Å². The van der Waals surface area contributed by atoms with Gasteiger partial charge in [0.15, 0.2) is 0 Å². The molecule has 0 amide bonds. The molecule has 0 fully saturated rings. The molecular weight excluding hydrogens is 307 g/mol. The number of carbonyl (C=O) groups excluding carboxylic acids is 2. The molecule has 1 aliphatic rings. The van der Waals surface area contributed by atoms with E-state index in [1.54, 1.807) is 12.1 Å². The summed E-state index contributed by atoms with van der Waals surface area (Å²) in [6.45, 7) is 0. The number of carbonyl (C=O) groups is 2. The van der Waals surface area contributed by atoms with Gasteiger partial charge in [-0.2, -0.15) is 0 Å². The van der Waals surface area contributed by atoms with Crippen LogP contribution in [0.2, 0.25) is 0 Å². The molecule has 2 aromatic rings. The van der Waals surface area contributed by atoms with E-state index in [1.165, 1.54) is 11.1 Å². The van der Waals surface area contributed by atoms with Gasteiger partial charge >= 0.3 is 0 Å². The second kappa shape index (κ2) is 5.63. The highest BCUT2D eigenvalue weighted by atomic mass is 35.5. The second-order valence-corrected chi connectivity index (χ2v) is 5.88. The number of aryl methyl sites for hydroxylation is 2. The molecule has 0 heterocycles. The lowest BCUT2D eigenvalue weighted by molar-refractivity contribution is 0.107. The van der Waals surface area contributed by atoms with E-state index in [4.69, 9.17) is 23.2 Å². The second-order valence-electron chi connectivity index (χ2n) is 5.19. The van der Waals surface area contributed by atoms with Crippen molar-refractivity contribution in [1.82, 2.24) is 0 Å². The van der Waals surface area contributed by atoms with E-state index in [1.807, 2.05) is 24.3 Å². The summed E-state index contributed by atoms with van der Waals surface area (Å²) in [5, 5.41) is -0.904. The van der Waals surface area contributed by atoms with Gasteiger partial charge in [-0.05, 0) is 89.0 Å². The van der Waals surface area contributed by atoms with Gasteiger partial charge in [0.2, 0.25) is 0 Å². The van der Waals surface area contributed by atoms with Gasteiger partial charge in [0.05, 0.1) is 0 Å². The number of rotatable bonds is 2. The van der Waals surface area contributed by atoms with Gasteiger partial charge in [0.25, 0.3) is 10.5 Å². The molecular formula is C17H12Cl2O2. The number of hydrogen-bond acceptors (Lipinski definition) is 2. The summed E-state index contributed by atoms with van der Waals surface area (Å²) >= 11 is 11.1. The van der Waals surface area contributed by atoms with Gasteiger partial charge in [-0.3, -0.25) is 9.59 Å². The van der Waals surface area contributed by atoms with E-state index in [0.29, 0.717) is 17.5 Å². The van der Waals surface area contributed by atoms with Crippen molar-refractivity contribution in [2.75, 3.05) is 0 Å². The van der Waals surface area contributed by atoms with Crippen LogP contribution in [0.1, 0.15) is 43.0 Å². The first kappa shape index (κ1) is 14.3. The van der Waals surface area contributed by atoms with Crippen LogP contribution in [0, 0.1) is 0 Å². The Morgan fingerprint density at radius 2 is 1.14 bits per heavy atom. The zero-order chi connectivity index (χ0) is 15.0. The first-order valence-corrected chi connectivity index (χ1v) is 7.43. The maximum absolute atomic E-state index is 11.3. The molecule has 0 atom stereocenters.